The third-order valence-electron chi connectivity index (χ3n) is 7.72. The largest absolute Gasteiger partial charge is 0.105 e. The molecule has 0 N–H and O–H groups in total. The lowest BCUT2D eigenvalue weighted by Crippen LogP contribution is -2.24. The fraction of sp³-hybridized carbons (Fsp3) is 0.750. The van der Waals surface area contributed by atoms with Gasteiger partial charge >= 0.3 is 0 Å². The maximum absolute atomic E-state index is 3.08. The SMILES string of the molecule is Pc1cc(C2CCCCC2)ccc1C1CCC(C2CCCCC2)CC1. The highest BCUT2D eigenvalue weighted by molar-refractivity contribution is 7.27. The van der Waals surface area contributed by atoms with Crippen LogP contribution in [0.25, 0.3) is 0 Å². The summed E-state index contributed by atoms with van der Waals surface area (Å²) in [5.41, 5.74) is 3.26. The molecule has 0 spiro atoms. The summed E-state index contributed by atoms with van der Waals surface area (Å²) in [6.07, 6.45) is 20.6. The monoisotopic (exact) mass is 356 g/mol. The van der Waals surface area contributed by atoms with Gasteiger partial charge < -0.3 is 0 Å². The third kappa shape index (κ3) is 4.32. The van der Waals surface area contributed by atoms with Gasteiger partial charge in [0, 0.05) is 0 Å². The van der Waals surface area contributed by atoms with Crippen molar-refractivity contribution in [2.45, 2.75) is 102 Å². The topological polar surface area (TPSA) is 0 Å². The van der Waals surface area contributed by atoms with Crippen LogP contribution in [0.4, 0.5) is 0 Å². The van der Waals surface area contributed by atoms with Crippen molar-refractivity contribution in [1.82, 2.24) is 0 Å². The Morgan fingerprint density at radius 2 is 1.20 bits per heavy atom. The number of hydrogen-bond donors (Lipinski definition) is 0. The standard InChI is InChI=1S/C24H37P/c25-24-17-22(19-9-5-2-6-10-19)15-16-23(24)21-13-11-20(12-14-21)18-7-3-1-4-8-18/h15-21H,1-14,25H2. The molecule has 1 aromatic rings. The number of benzene rings is 1. The van der Waals surface area contributed by atoms with Crippen LogP contribution in [0, 0.1) is 11.8 Å². The van der Waals surface area contributed by atoms with Gasteiger partial charge in [-0.15, -0.1) is 9.24 Å². The van der Waals surface area contributed by atoms with E-state index in [1.54, 1.807) is 11.1 Å². The molecule has 0 aliphatic heterocycles. The van der Waals surface area contributed by atoms with Gasteiger partial charge in [0.1, 0.15) is 0 Å². The smallest absolute Gasteiger partial charge is 0.0156 e. The molecule has 1 unspecified atom stereocenters. The molecule has 1 atom stereocenters. The zero-order valence-corrected chi connectivity index (χ0v) is 17.2. The normalized spacial score (nSPS) is 29.6. The molecule has 3 fully saturated rings. The van der Waals surface area contributed by atoms with Crippen LogP contribution in [0.1, 0.15) is 113 Å². The molecule has 3 saturated carbocycles. The highest BCUT2D eigenvalue weighted by Gasteiger charge is 2.29. The minimum atomic E-state index is 0.827. The van der Waals surface area contributed by atoms with Gasteiger partial charge in [0.15, 0.2) is 0 Å². The molecule has 0 nitrogen and oxygen atoms in total. The lowest BCUT2D eigenvalue weighted by atomic mass is 9.70. The minimum Gasteiger partial charge on any atom is -0.105 e. The average molecular weight is 357 g/mol. The Balaban J connectivity index is 1.37. The Morgan fingerprint density at radius 3 is 1.84 bits per heavy atom. The summed E-state index contributed by atoms with van der Waals surface area (Å²) in [6, 6.07) is 7.49. The highest BCUT2D eigenvalue weighted by Crippen LogP contribution is 2.43. The lowest BCUT2D eigenvalue weighted by molar-refractivity contribution is 0.186. The molecule has 0 amide bonds. The number of rotatable bonds is 3. The van der Waals surface area contributed by atoms with Crippen molar-refractivity contribution in [3.63, 3.8) is 0 Å². The van der Waals surface area contributed by atoms with E-state index < -0.39 is 0 Å². The first-order valence-corrected chi connectivity index (χ1v) is 11.8. The second kappa shape index (κ2) is 8.56. The van der Waals surface area contributed by atoms with E-state index in [-0.39, 0.29) is 0 Å². The summed E-state index contributed by atoms with van der Waals surface area (Å²) in [7, 11) is 3.08. The molecule has 1 aromatic carbocycles. The van der Waals surface area contributed by atoms with Crippen LogP contribution in [0.2, 0.25) is 0 Å². The summed E-state index contributed by atoms with van der Waals surface area (Å²) < 4.78 is 0. The molecule has 4 rings (SSSR count). The molecule has 0 saturated heterocycles. The van der Waals surface area contributed by atoms with Crippen molar-refractivity contribution in [3.05, 3.63) is 29.3 Å². The van der Waals surface area contributed by atoms with Crippen molar-refractivity contribution in [2.24, 2.45) is 11.8 Å². The zero-order chi connectivity index (χ0) is 17.1. The van der Waals surface area contributed by atoms with Crippen LogP contribution < -0.4 is 5.30 Å². The van der Waals surface area contributed by atoms with Gasteiger partial charge in [-0.3, -0.25) is 0 Å². The first-order valence-electron chi connectivity index (χ1n) is 11.2. The van der Waals surface area contributed by atoms with Crippen LogP contribution in [0.15, 0.2) is 18.2 Å². The van der Waals surface area contributed by atoms with E-state index in [0.29, 0.717) is 0 Å². The molecule has 0 aromatic heterocycles. The van der Waals surface area contributed by atoms with E-state index in [2.05, 4.69) is 27.4 Å². The van der Waals surface area contributed by atoms with E-state index in [4.69, 9.17) is 0 Å². The summed E-state index contributed by atoms with van der Waals surface area (Å²) in [5.74, 6) is 3.78. The molecular weight excluding hydrogens is 319 g/mol. The second-order valence-electron chi connectivity index (χ2n) is 9.23. The maximum Gasteiger partial charge on any atom is -0.0156 e. The fourth-order valence-electron chi connectivity index (χ4n) is 6.16. The van der Waals surface area contributed by atoms with E-state index in [0.717, 1.165) is 23.7 Å². The molecule has 0 radical (unpaired) electrons. The van der Waals surface area contributed by atoms with Gasteiger partial charge in [-0.05, 0) is 78.6 Å². The molecule has 3 aliphatic carbocycles. The van der Waals surface area contributed by atoms with Gasteiger partial charge in [0.05, 0.1) is 0 Å². The number of hydrogen-bond acceptors (Lipinski definition) is 0. The first kappa shape index (κ1) is 18.0. The van der Waals surface area contributed by atoms with Crippen molar-refractivity contribution in [3.8, 4) is 0 Å². The van der Waals surface area contributed by atoms with Crippen molar-refractivity contribution in [1.29, 1.82) is 0 Å². The fourth-order valence-corrected chi connectivity index (χ4v) is 6.69. The maximum atomic E-state index is 3.08. The van der Waals surface area contributed by atoms with Crippen LogP contribution >= 0.6 is 9.24 Å². The lowest BCUT2D eigenvalue weighted by Gasteiger charge is -2.36. The van der Waals surface area contributed by atoms with Crippen LogP contribution in [-0.2, 0) is 0 Å². The van der Waals surface area contributed by atoms with Gasteiger partial charge in [-0.25, -0.2) is 0 Å². The molecule has 1 heteroatoms. The molecule has 25 heavy (non-hydrogen) atoms. The Morgan fingerprint density at radius 1 is 0.600 bits per heavy atom. The van der Waals surface area contributed by atoms with Crippen LogP contribution in [-0.4, -0.2) is 0 Å². The van der Waals surface area contributed by atoms with Gasteiger partial charge in [-0.1, -0.05) is 69.6 Å². The molecule has 3 aliphatic rings. The molecular formula is C24H37P. The Labute approximate surface area is 157 Å². The van der Waals surface area contributed by atoms with E-state index >= 15 is 0 Å². The highest BCUT2D eigenvalue weighted by atomic mass is 31.0. The van der Waals surface area contributed by atoms with E-state index in [1.807, 2.05) is 0 Å². The van der Waals surface area contributed by atoms with Crippen LogP contribution in [0.3, 0.4) is 0 Å². The predicted molar refractivity (Wildman–Crippen MR) is 113 cm³/mol. The minimum absolute atomic E-state index is 0.827. The summed E-state index contributed by atoms with van der Waals surface area (Å²) in [5, 5.41) is 1.50. The summed E-state index contributed by atoms with van der Waals surface area (Å²) >= 11 is 0. The van der Waals surface area contributed by atoms with Crippen LogP contribution in [0.5, 0.6) is 0 Å². The molecule has 138 valence electrons. The third-order valence-corrected chi connectivity index (χ3v) is 8.22. The van der Waals surface area contributed by atoms with Gasteiger partial charge in [-0.2, -0.15) is 0 Å². The Hall–Kier alpha value is -0.350. The predicted octanol–water partition coefficient (Wildman–Crippen LogP) is 7.09. The average Bonchev–Trinajstić information content (AvgIpc) is 2.69. The zero-order valence-electron chi connectivity index (χ0n) is 16.0. The molecule has 0 heterocycles. The van der Waals surface area contributed by atoms with Gasteiger partial charge in [0.2, 0.25) is 0 Å². The van der Waals surface area contributed by atoms with Crippen molar-refractivity contribution < 1.29 is 0 Å². The summed E-state index contributed by atoms with van der Waals surface area (Å²) in [6.45, 7) is 0. The summed E-state index contributed by atoms with van der Waals surface area (Å²) in [4.78, 5) is 0. The van der Waals surface area contributed by atoms with Crippen molar-refractivity contribution >= 4 is 14.5 Å². The van der Waals surface area contributed by atoms with Crippen molar-refractivity contribution in [2.75, 3.05) is 0 Å². The first-order chi connectivity index (χ1) is 12.3. The quantitative estimate of drug-likeness (QED) is 0.507. The second-order valence-corrected chi connectivity index (χ2v) is 9.86. The van der Waals surface area contributed by atoms with E-state index in [9.17, 15) is 0 Å². The van der Waals surface area contributed by atoms with E-state index in [1.165, 1.54) is 95.2 Å². The Bertz CT molecular complexity index is 543. The molecule has 0 bridgehead atoms. The Kier molecular flexibility index (Phi) is 6.17. The van der Waals surface area contributed by atoms with Gasteiger partial charge in [0.25, 0.3) is 0 Å².